The summed E-state index contributed by atoms with van der Waals surface area (Å²) < 4.78 is 5.04. The lowest BCUT2D eigenvalue weighted by Gasteiger charge is -2.32. The molecule has 0 spiro atoms. The van der Waals surface area contributed by atoms with Gasteiger partial charge < -0.3 is 9.64 Å². The first-order chi connectivity index (χ1) is 13.9. The summed E-state index contributed by atoms with van der Waals surface area (Å²) in [5.41, 5.74) is 0.895. The lowest BCUT2D eigenvalue weighted by atomic mass is 9.90. The molecule has 0 atom stereocenters. The smallest absolute Gasteiger partial charge is 0.338 e. The van der Waals surface area contributed by atoms with Gasteiger partial charge in [-0.15, -0.1) is 0 Å². The third kappa shape index (κ3) is 5.54. The Hall–Kier alpha value is -2.93. The summed E-state index contributed by atoms with van der Waals surface area (Å²) in [6.45, 7) is 0.860. The minimum atomic E-state index is -0.794. The van der Waals surface area contributed by atoms with Gasteiger partial charge in [-0.25, -0.2) is 4.79 Å². The highest BCUT2D eigenvalue weighted by Crippen LogP contribution is 2.25. The number of nitro groups is 1. The van der Waals surface area contributed by atoms with Crippen molar-refractivity contribution in [3.05, 3.63) is 74.8 Å². The minimum Gasteiger partial charge on any atom is -0.452 e. The molecule has 1 heterocycles. The summed E-state index contributed by atoms with van der Waals surface area (Å²) in [7, 11) is 0. The molecule has 1 aliphatic heterocycles. The molecule has 0 N–H and O–H groups in total. The normalized spacial score (nSPS) is 14.4. The minimum absolute atomic E-state index is 0.0181. The average molecular weight is 417 g/mol. The molecule has 7 nitrogen and oxygen atoms in total. The lowest BCUT2D eigenvalue weighted by Crippen LogP contribution is -2.41. The Morgan fingerprint density at radius 2 is 1.83 bits per heavy atom. The van der Waals surface area contributed by atoms with Crippen LogP contribution in [0.4, 0.5) is 5.69 Å². The first kappa shape index (κ1) is 20.8. The van der Waals surface area contributed by atoms with E-state index in [1.807, 2.05) is 18.2 Å². The topological polar surface area (TPSA) is 89.8 Å². The summed E-state index contributed by atoms with van der Waals surface area (Å²) in [5, 5.41) is 10.9. The van der Waals surface area contributed by atoms with E-state index >= 15 is 0 Å². The molecule has 0 aliphatic carbocycles. The van der Waals surface area contributed by atoms with E-state index in [1.54, 1.807) is 4.90 Å². The number of rotatable bonds is 6. The second-order valence-electron chi connectivity index (χ2n) is 7.01. The van der Waals surface area contributed by atoms with Gasteiger partial charge in [0.05, 0.1) is 10.5 Å². The van der Waals surface area contributed by atoms with Crippen LogP contribution in [0.15, 0.2) is 48.5 Å². The highest BCUT2D eigenvalue weighted by atomic mass is 35.5. The molecule has 29 heavy (non-hydrogen) atoms. The third-order valence-electron chi connectivity index (χ3n) is 5.04. The summed E-state index contributed by atoms with van der Waals surface area (Å²) in [4.78, 5) is 36.4. The van der Waals surface area contributed by atoms with Crippen LogP contribution >= 0.6 is 11.6 Å². The van der Waals surface area contributed by atoms with Crippen molar-refractivity contribution in [1.82, 2.24) is 4.90 Å². The fourth-order valence-electron chi connectivity index (χ4n) is 3.42. The monoisotopic (exact) mass is 416 g/mol. The molecule has 0 aromatic heterocycles. The van der Waals surface area contributed by atoms with Crippen LogP contribution in [-0.2, 0) is 16.0 Å². The maximum atomic E-state index is 12.3. The summed E-state index contributed by atoms with van der Waals surface area (Å²) in [5.74, 6) is -0.532. The largest absolute Gasteiger partial charge is 0.452 e. The van der Waals surface area contributed by atoms with Crippen LogP contribution in [0.25, 0.3) is 0 Å². The van der Waals surface area contributed by atoms with E-state index in [2.05, 4.69) is 12.1 Å². The number of hydrogen-bond acceptors (Lipinski definition) is 5. The van der Waals surface area contributed by atoms with Crippen LogP contribution in [0.3, 0.4) is 0 Å². The number of carbonyl (C=O) groups excluding carboxylic acids is 2. The standard InChI is InChI=1S/C21H21ClN2O5/c22-18-7-6-17(13-19(18)24(27)28)21(26)29-14-20(25)23-10-8-16(9-11-23)12-15-4-2-1-3-5-15/h1-7,13,16H,8-12,14H2. The van der Waals surface area contributed by atoms with Crippen molar-refractivity contribution in [2.45, 2.75) is 19.3 Å². The Kier molecular flexibility index (Phi) is 6.82. The van der Waals surface area contributed by atoms with E-state index in [1.165, 1.54) is 17.7 Å². The van der Waals surface area contributed by atoms with E-state index in [4.69, 9.17) is 16.3 Å². The molecule has 1 saturated heterocycles. The molecule has 3 rings (SSSR count). The second-order valence-corrected chi connectivity index (χ2v) is 7.42. The van der Waals surface area contributed by atoms with Gasteiger partial charge in [0.25, 0.3) is 11.6 Å². The van der Waals surface area contributed by atoms with Crippen molar-refractivity contribution < 1.29 is 19.2 Å². The van der Waals surface area contributed by atoms with Crippen molar-refractivity contribution in [2.75, 3.05) is 19.7 Å². The van der Waals surface area contributed by atoms with Crippen LogP contribution < -0.4 is 0 Å². The van der Waals surface area contributed by atoms with Crippen molar-refractivity contribution in [2.24, 2.45) is 5.92 Å². The number of halogens is 1. The van der Waals surface area contributed by atoms with Gasteiger partial charge in [0.1, 0.15) is 5.02 Å². The Morgan fingerprint density at radius 3 is 2.48 bits per heavy atom. The molecule has 2 aromatic rings. The van der Waals surface area contributed by atoms with Crippen molar-refractivity contribution >= 4 is 29.2 Å². The van der Waals surface area contributed by atoms with Gasteiger partial charge in [0.15, 0.2) is 6.61 Å². The number of nitro benzene ring substituents is 1. The predicted octanol–water partition coefficient (Wildman–Crippen LogP) is 3.89. The van der Waals surface area contributed by atoms with Gasteiger partial charge >= 0.3 is 5.97 Å². The molecule has 1 amide bonds. The van der Waals surface area contributed by atoms with Gasteiger partial charge in [-0.1, -0.05) is 41.9 Å². The molecule has 0 saturated carbocycles. The van der Waals surface area contributed by atoms with E-state index in [-0.39, 0.29) is 22.2 Å². The molecule has 0 unspecified atom stereocenters. The molecular weight excluding hydrogens is 396 g/mol. The molecule has 2 aromatic carbocycles. The number of hydrogen-bond donors (Lipinski definition) is 0. The van der Waals surface area contributed by atoms with Crippen molar-refractivity contribution in [3.63, 3.8) is 0 Å². The zero-order valence-corrected chi connectivity index (χ0v) is 16.5. The number of piperidine rings is 1. The second kappa shape index (κ2) is 9.52. The molecule has 1 fully saturated rings. The van der Waals surface area contributed by atoms with Crippen LogP contribution in [0.5, 0.6) is 0 Å². The Balaban J connectivity index is 1.47. The van der Waals surface area contributed by atoms with Crippen molar-refractivity contribution in [3.8, 4) is 0 Å². The Morgan fingerprint density at radius 1 is 1.14 bits per heavy atom. The molecule has 0 bridgehead atoms. The first-order valence-corrected chi connectivity index (χ1v) is 9.74. The number of nitrogens with zero attached hydrogens (tertiary/aromatic N) is 2. The van der Waals surface area contributed by atoms with Crippen LogP contribution in [0.2, 0.25) is 5.02 Å². The molecule has 0 radical (unpaired) electrons. The fourth-order valence-corrected chi connectivity index (χ4v) is 3.60. The maximum Gasteiger partial charge on any atom is 0.338 e. The molecular formula is C21H21ClN2O5. The summed E-state index contributed by atoms with van der Waals surface area (Å²) >= 11 is 5.73. The SMILES string of the molecule is O=C(OCC(=O)N1CCC(Cc2ccccc2)CC1)c1ccc(Cl)c([N+](=O)[O-])c1. The van der Waals surface area contributed by atoms with E-state index in [0.29, 0.717) is 19.0 Å². The van der Waals surface area contributed by atoms with E-state index in [9.17, 15) is 19.7 Å². The maximum absolute atomic E-state index is 12.3. The number of likely N-dealkylation sites (tertiary alicyclic amines) is 1. The van der Waals surface area contributed by atoms with Crippen LogP contribution in [0.1, 0.15) is 28.8 Å². The predicted molar refractivity (Wildman–Crippen MR) is 108 cm³/mol. The Labute approximate surface area is 173 Å². The van der Waals surface area contributed by atoms with Crippen molar-refractivity contribution in [1.29, 1.82) is 0 Å². The summed E-state index contributed by atoms with van der Waals surface area (Å²) in [6, 6.07) is 13.9. The quantitative estimate of drug-likeness (QED) is 0.405. The zero-order chi connectivity index (χ0) is 20.8. The molecule has 1 aliphatic rings. The highest BCUT2D eigenvalue weighted by Gasteiger charge is 2.24. The van der Waals surface area contributed by atoms with Gasteiger partial charge in [0.2, 0.25) is 0 Å². The highest BCUT2D eigenvalue weighted by molar-refractivity contribution is 6.32. The number of amides is 1. The fraction of sp³-hybridized carbons (Fsp3) is 0.333. The van der Waals surface area contributed by atoms with E-state index in [0.717, 1.165) is 25.3 Å². The van der Waals surface area contributed by atoms with Gasteiger partial charge in [-0.05, 0) is 42.9 Å². The molecule has 152 valence electrons. The van der Waals surface area contributed by atoms with Crippen LogP contribution in [-0.4, -0.2) is 41.4 Å². The van der Waals surface area contributed by atoms with Crippen LogP contribution in [0, 0.1) is 16.0 Å². The number of benzene rings is 2. The number of esters is 1. The lowest BCUT2D eigenvalue weighted by molar-refractivity contribution is -0.384. The number of carbonyl (C=O) groups is 2. The number of ether oxygens (including phenoxy) is 1. The average Bonchev–Trinajstić information content (AvgIpc) is 2.73. The zero-order valence-electron chi connectivity index (χ0n) is 15.8. The third-order valence-corrected chi connectivity index (χ3v) is 5.36. The first-order valence-electron chi connectivity index (χ1n) is 9.37. The van der Waals surface area contributed by atoms with Gasteiger partial charge in [0, 0.05) is 19.2 Å². The molecule has 8 heteroatoms. The van der Waals surface area contributed by atoms with Gasteiger partial charge in [-0.2, -0.15) is 0 Å². The van der Waals surface area contributed by atoms with E-state index < -0.39 is 17.5 Å². The van der Waals surface area contributed by atoms with Gasteiger partial charge in [-0.3, -0.25) is 14.9 Å². The Bertz CT molecular complexity index is 895. The summed E-state index contributed by atoms with van der Waals surface area (Å²) in [6.07, 6.45) is 2.79.